The van der Waals surface area contributed by atoms with E-state index in [0.717, 1.165) is 241 Å². The van der Waals surface area contributed by atoms with Gasteiger partial charge in [-0.1, -0.05) is 118 Å². The summed E-state index contributed by atoms with van der Waals surface area (Å²) >= 11 is 45.8. The van der Waals surface area contributed by atoms with Gasteiger partial charge in [0.25, 0.3) is 0 Å². The highest BCUT2D eigenvalue weighted by Crippen LogP contribution is 2.48. The largest absolute Gasteiger partial charge is 0.481 e. The summed E-state index contributed by atoms with van der Waals surface area (Å²) in [6, 6.07) is 25.2. The van der Waals surface area contributed by atoms with E-state index in [4.69, 9.17) is 89.5 Å². The number of anilines is 8. The lowest BCUT2D eigenvalue weighted by Crippen LogP contribution is -2.58. The number of carboxylic acids is 2. The molecule has 8 saturated heterocycles. The average molecular weight is 2070 g/mol. The van der Waals surface area contributed by atoms with Gasteiger partial charge in [-0.25, -0.2) is 19.9 Å². The van der Waals surface area contributed by atoms with Crippen molar-refractivity contribution in [3.8, 4) is 0 Å². The van der Waals surface area contributed by atoms with Crippen LogP contribution in [0.1, 0.15) is 180 Å². The molecule has 8 unspecified atom stereocenters. The summed E-state index contributed by atoms with van der Waals surface area (Å²) in [5, 5.41) is 54.8. The van der Waals surface area contributed by atoms with Crippen LogP contribution in [0.25, 0.3) is 0 Å². The second-order valence-corrected chi connectivity index (χ2v) is 43.6. The summed E-state index contributed by atoms with van der Waals surface area (Å²) in [7, 11) is 0. The molecular weight excluding hydrogens is 1940 g/mol. The Balaban J connectivity index is 0.000000136. The van der Waals surface area contributed by atoms with Crippen LogP contribution in [0.3, 0.4) is 0 Å². The van der Waals surface area contributed by atoms with Crippen molar-refractivity contribution < 1.29 is 30.0 Å². The fraction of sp³-hybridized carbons (Fsp3) is 0.576. The molecule has 8 aromatic rings. The molecule has 8 N–H and O–H groups in total. The molecule has 0 spiro atoms. The summed E-state index contributed by atoms with van der Waals surface area (Å²) < 4.78 is 1.67. The predicted octanol–water partition coefficient (Wildman–Crippen LogP) is 20.0. The number of nitrogens with zero attached hydrogens (tertiary/aromatic N) is 16. The molecule has 133 heavy (non-hydrogen) atoms. The molecule has 26 nitrogen and oxygen atoms in total. The number of rotatable bonds is 28. The molecule has 4 aromatic carbocycles. The van der Waals surface area contributed by atoms with Crippen molar-refractivity contribution in [1.82, 2.24) is 59.5 Å². The molecule has 2 saturated carbocycles. The van der Waals surface area contributed by atoms with Gasteiger partial charge in [0.2, 0.25) is 23.8 Å². The fourth-order valence-corrected chi connectivity index (χ4v) is 23.6. The van der Waals surface area contributed by atoms with Gasteiger partial charge in [-0.2, -0.15) is 19.9 Å². The highest BCUT2D eigenvalue weighted by molar-refractivity contribution is 9.11. The number of likely N-dealkylation sites (tertiary alicyclic amines) is 4. The fourth-order valence-electron chi connectivity index (χ4n) is 21.1. The van der Waals surface area contributed by atoms with Gasteiger partial charge >= 0.3 is 11.9 Å². The minimum Gasteiger partial charge on any atom is -0.481 e. The molecule has 2 aliphatic carbocycles. The molecule has 718 valence electrons. The quantitative estimate of drug-likeness (QED) is 0.0226. The van der Waals surface area contributed by atoms with E-state index in [9.17, 15) is 30.0 Å². The number of carboxylic acid groups (broad SMARTS) is 2. The van der Waals surface area contributed by atoms with Gasteiger partial charge in [0, 0.05) is 136 Å². The van der Waals surface area contributed by atoms with E-state index in [1.165, 1.54) is 51.4 Å². The molecule has 10 aliphatic rings. The molecule has 18 rings (SSSR count). The molecule has 4 aromatic heterocycles. The van der Waals surface area contributed by atoms with Gasteiger partial charge in [-0.15, -0.1) is 0 Å². The summed E-state index contributed by atoms with van der Waals surface area (Å²) in [5.74, 6) is 9.58. The number of hydrogen-bond donors (Lipinski definition) is 8. The maximum absolute atomic E-state index is 11.5. The predicted molar refractivity (Wildman–Crippen MR) is 543 cm³/mol. The standard InChI is InChI=1S/C27H35Cl2N5O2.C26H33BrClN5O2.C23H31BrClN5O.C23H31Cl2N5O/c1-16-6-7-21(22(28)9-16)17(2)31-24-23(29)12-30-26(32-24)34-14-19(15-34)18-5-4-8-33(13-18)20-10-27(3,11-20)25(35)36;1-15-5-6-21(23(28)8-15)16(2)30-24-22(27)11-29-26(31-24)33-13-19(14-33)17-4-3-7-32(12-17)20-9-18(10-20)25(34)35;1-15-5-6-19(21(25)10-15)16(2)27-22-20(24)11-26-23(28-22)30-13-18(14-30)17-4-3-7-29(12-17)8-9-31;1-15-5-6-19(20(24)10-15)16(2)27-22-21(25)11-26-23(28-22)30-13-18(14-30)17-4-3-7-29(12-17)8-9-31/h6-7,9,12,17-20H,4-5,8,10-11,13-15H2,1-3H3,(H,35,36)(H,30,31,32);5-6,8,11,16-20H,3-4,7,9-10,12-14H2,1-2H3,(H,34,35)(H,29,30,31);2*5-6,10-11,16-18,31H,3-4,7-9,12-14H2,1-2H3,(H,26,27,28). The third-order valence-electron chi connectivity index (χ3n) is 29.5. The second kappa shape index (κ2) is 45.3. The SMILES string of the molecule is Cc1ccc(C(C)Nc2nc(N3CC(C4CCCN(C5CC(C(=O)O)C5)C4)C3)ncc2Br)c(Cl)c1.Cc1ccc(C(C)Nc2nc(N3CC(C4CCCN(C5CC(C)(C(=O)O)C5)C4)C3)ncc2Cl)c(Cl)c1.Cc1ccc(C(C)Nc2nc(N3CC(C4CCCN(CCO)C4)C3)ncc2Br)c(Cl)c1.Cc1ccc(C(C)Nc2nc(N3CC(C4CCCN(CCO)C4)C3)ncc2Cl)c(Cl)c1. The number of carbonyl (C=O) groups is 2. The van der Waals surface area contributed by atoms with Crippen molar-refractivity contribution >= 4 is 160 Å². The van der Waals surface area contributed by atoms with Crippen LogP contribution in [0.2, 0.25) is 30.1 Å². The zero-order valence-electron chi connectivity index (χ0n) is 77.8. The van der Waals surface area contributed by atoms with Crippen LogP contribution in [0, 0.1) is 86.4 Å². The van der Waals surface area contributed by atoms with Crippen molar-refractivity contribution in [3.63, 3.8) is 0 Å². The van der Waals surface area contributed by atoms with E-state index in [1.807, 2.05) is 90.3 Å². The first-order chi connectivity index (χ1) is 63.8. The number of aliphatic carboxylic acids is 2. The third kappa shape index (κ3) is 25.0. The molecule has 0 radical (unpaired) electrons. The normalized spacial score (nSPS) is 24.2. The maximum Gasteiger partial charge on any atom is 0.309 e. The monoisotopic (exact) mass is 2060 g/mol. The topological polar surface area (TPSA) is 292 Å². The van der Waals surface area contributed by atoms with Gasteiger partial charge in [0.15, 0.2) is 11.6 Å². The first-order valence-corrected chi connectivity index (χ1v) is 51.5. The zero-order chi connectivity index (χ0) is 94.2. The number of piperidine rings is 4. The lowest BCUT2D eigenvalue weighted by Gasteiger charge is -2.52. The Morgan fingerprint density at radius 2 is 0.699 bits per heavy atom. The summed E-state index contributed by atoms with van der Waals surface area (Å²) in [6.45, 7) is 36.9. The molecule has 10 fully saturated rings. The second-order valence-electron chi connectivity index (χ2n) is 39.4. The summed E-state index contributed by atoms with van der Waals surface area (Å²) in [5.41, 5.74) is 8.11. The number of β-amino-alcohol motifs (C(OH)–C–C–N with tert-alkyl or cyclic N) is 2. The van der Waals surface area contributed by atoms with Gasteiger partial charge in [-0.3, -0.25) is 9.59 Å². The van der Waals surface area contributed by atoms with E-state index in [2.05, 4.69) is 169 Å². The minimum atomic E-state index is -0.657. The molecular formula is C99H130Br2Cl6N20O6. The van der Waals surface area contributed by atoms with Crippen molar-refractivity contribution in [1.29, 1.82) is 0 Å². The Morgan fingerprint density at radius 1 is 0.406 bits per heavy atom. The zero-order valence-corrected chi connectivity index (χ0v) is 85.5. The van der Waals surface area contributed by atoms with Crippen LogP contribution in [0.5, 0.6) is 0 Å². The van der Waals surface area contributed by atoms with Crippen LogP contribution in [0.4, 0.5) is 47.1 Å². The van der Waals surface area contributed by atoms with E-state index in [0.29, 0.717) is 93.0 Å². The van der Waals surface area contributed by atoms with E-state index < -0.39 is 17.4 Å². The van der Waals surface area contributed by atoms with Crippen LogP contribution >= 0.6 is 101 Å². The Bertz CT molecular complexity index is 5170. The smallest absolute Gasteiger partial charge is 0.309 e. The van der Waals surface area contributed by atoms with Crippen molar-refractivity contribution in [2.45, 2.75) is 176 Å². The molecule has 0 amide bonds. The first-order valence-electron chi connectivity index (χ1n) is 47.6. The Labute approximate surface area is 830 Å². The van der Waals surface area contributed by atoms with Gasteiger partial charge in [0.05, 0.1) is 70.1 Å². The van der Waals surface area contributed by atoms with Crippen molar-refractivity contribution in [2.75, 3.05) is 172 Å². The molecule has 34 heteroatoms. The van der Waals surface area contributed by atoms with Crippen LogP contribution in [-0.4, -0.2) is 235 Å². The van der Waals surface area contributed by atoms with Crippen molar-refractivity contribution in [2.24, 2.45) is 58.7 Å². The Kier molecular flexibility index (Phi) is 34.2. The molecule has 12 heterocycles. The molecule has 0 bridgehead atoms. The molecule has 8 atom stereocenters. The number of aliphatic hydroxyl groups excluding tert-OH is 2. The number of benzene rings is 4. The van der Waals surface area contributed by atoms with E-state index >= 15 is 0 Å². The maximum atomic E-state index is 11.5. The van der Waals surface area contributed by atoms with Gasteiger partial charge < -0.3 is 80.9 Å². The number of aryl methyl sites for hydroxylation is 4. The number of hydrogen-bond acceptors (Lipinski definition) is 24. The average Bonchev–Trinajstić information content (AvgIpc) is 0.757. The van der Waals surface area contributed by atoms with Crippen LogP contribution in [0.15, 0.2) is 107 Å². The lowest BCUT2D eigenvalue weighted by atomic mass is 9.65. The van der Waals surface area contributed by atoms with Crippen LogP contribution in [-0.2, 0) is 9.59 Å². The molecule has 8 aliphatic heterocycles. The minimum absolute atomic E-state index is 0.00624. The summed E-state index contributed by atoms with van der Waals surface area (Å²) in [6.07, 6.45) is 20.0. The van der Waals surface area contributed by atoms with E-state index in [-0.39, 0.29) is 43.3 Å². The lowest BCUT2D eigenvalue weighted by molar-refractivity contribution is -0.158. The summed E-state index contributed by atoms with van der Waals surface area (Å²) in [4.78, 5) is 78.7. The third-order valence-corrected chi connectivity index (χ3v) is 32.6. The number of nitrogens with one attached hydrogen (secondary N) is 4. The van der Waals surface area contributed by atoms with Gasteiger partial charge in [0.1, 0.15) is 21.7 Å². The number of aliphatic hydroxyl groups is 2. The Hall–Kier alpha value is -7.00. The number of aromatic nitrogens is 8. The van der Waals surface area contributed by atoms with Crippen molar-refractivity contribution in [3.05, 3.63) is 181 Å². The van der Waals surface area contributed by atoms with Gasteiger partial charge in [-0.05, 0) is 314 Å². The first kappa shape index (κ1) is 100. The Morgan fingerprint density at radius 3 is 1.01 bits per heavy atom. The van der Waals surface area contributed by atoms with E-state index in [1.54, 1.807) is 12.4 Å². The highest BCUT2D eigenvalue weighted by atomic mass is 79.9. The highest BCUT2D eigenvalue weighted by Gasteiger charge is 2.51. The number of halogens is 8. The van der Waals surface area contributed by atoms with Crippen LogP contribution < -0.4 is 40.9 Å².